The summed E-state index contributed by atoms with van der Waals surface area (Å²) in [5.41, 5.74) is 2.88. The maximum absolute atomic E-state index is 5.60. The Balaban J connectivity index is 1.84. The molecule has 1 aromatic rings. The number of methoxy groups -OCH3 is 1. The number of ether oxygens (including phenoxy) is 2. The van der Waals surface area contributed by atoms with Gasteiger partial charge >= 0.3 is 0 Å². The first-order chi connectivity index (χ1) is 10.3. The molecule has 0 amide bonds. The van der Waals surface area contributed by atoms with Crippen LogP contribution in [-0.2, 0) is 9.47 Å². The maximum atomic E-state index is 5.60. The van der Waals surface area contributed by atoms with E-state index in [2.05, 4.69) is 36.5 Å². The van der Waals surface area contributed by atoms with E-state index < -0.39 is 0 Å². The van der Waals surface area contributed by atoms with Gasteiger partial charge in [-0.2, -0.15) is 0 Å². The summed E-state index contributed by atoms with van der Waals surface area (Å²) < 4.78 is 10.6. The fourth-order valence-electron chi connectivity index (χ4n) is 2.82. The second-order valence-electron chi connectivity index (χ2n) is 5.80. The first kappa shape index (κ1) is 16.5. The van der Waals surface area contributed by atoms with Gasteiger partial charge in [0.05, 0.1) is 13.2 Å². The van der Waals surface area contributed by atoms with E-state index in [4.69, 9.17) is 9.47 Å². The summed E-state index contributed by atoms with van der Waals surface area (Å²) in [6.07, 6.45) is 5.12. The second-order valence-corrected chi connectivity index (χ2v) is 5.80. The zero-order chi connectivity index (χ0) is 14.9. The third kappa shape index (κ3) is 5.10. The molecule has 0 bridgehead atoms. The Labute approximate surface area is 129 Å². The van der Waals surface area contributed by atoms with Gasteiger partial charge in [-0.1, -0.05) is 37.6 Å². The Kier molecular flexibility index (Phi) is 7.20. The molecule has 1 aliphatic rings. The highest BCUT2D eigenvalue weighted by molar-refractivity contribution is 5.28. The average molecular weight is 291 g/mol. The fraction of sp³-hybridized carbons (Fsp3) is 0.667. The number of nitrogens with one attached hydrogen (secondary N) is 1. The molecule has 0 spiro atoms. The van der Waals surface area contributed by atoms with Gasteiger partial charge in [0.15, 0.2) is 0 Å². The molecule has 2 rings (SSSR count). The SMILES string of the molecule is CCNC(CCOCCOC)c1ccc(C2CCC2)cc1. The highest BCUT2D eigenvalue weighted by Gasteiger charge is 2.19. The minimum absolute atomic E-state index is 0.382. The van der Waals surface area contributed by atoms with Gasteiger partial charge in [0.2, 0.25) is 0 Å². The quantitative estimate of drug-likeness (QED) is 0.667. The van der Waals surface area contributed by atoms with Gasteiger partial charge in [-0.25, -0.2) is 0 Å². The molecule has 3 heteroatoms. The van der Waals surface area contributed by atoms with Crippen molar-refractivity contribution in [2.24, 2.45) is 0 Å². The van der Waals surface area contributed by atoms with Crippen molar-refractivity contribution in [3.05, 3.63) is 35.4 Å². The van der Waals surface area contributed by atoms with Crippen molar-refractivity contribution < 1.29 is 9.47 Å². The molecule has 0 radical (unpaired) electrons. The van der Waals surface area contributed by atoms with Crippen molar-refractivity contribution >= 4 is 0 Å². The minimum atomic E-state index is 0.382. The monoisotopic (exact) mass is 291 g/mol. The molecule has 0 saturated heterocycles. The first-order valence-corrected chi connectivity index (χ1v) is 8.25. The molecule has 0 heterocycles. The summed E-state index contributed by atoms with van der Waals surface area (Å²) in [6.45, 7) is 5.25. The first-order valence-electron chi connectivity index (χ1n) is 8.25. The lowest BCUT2D eigenvalue weighted by Crippen LogP contribution is -2.22. The predicted octanol–water partition coefficient (Wildman–Crippen LogP) is 3.66. The van der Waals surface area contributed by atoms with E-state index in [0.29, 0.717) is 19.3 Å². The number of rotatable bonds is 10. The van der Waals surface area contributed by atoms with E-state index in [9.17, 15) is 0 Å². The van der Waals surface area contributed by atoms with E-state index in [-0.39, 0.29) is 0 Å². The molecule has 3 nitrogen and oxygen atoms in total. The summed E-state index contributed by atoms with van der Waals surface area (Å²) in [7, 11) is 1.70. The Morgan fingerprint density at radius 3 is 2.48 bits per heavy atom. The van der Waals surface area contributed by atoms with E-state index in [1.165, 1.54) is 30.4 Å². The molecule has 1 fully saturated rings. The minimum Gasteiger partial charge on any atom is -0.382 e. The highest BCUT2D eigenvalue weighted by Crippen LogP contribution is 2.36. The van der Waals surface area contributed by atoms with Gasteiger partial charge in [0, 0.05) is 19.8 Å². The van der Waals surface area contributed by atoms with Crippen LogP contribution in [0.15, 0.2) is 24.3 Å². The van der Waals surface area contributed by atoms with Crippen LogP contribution in [0.25, 0.3) is 0 Å². The normalized spacial score (nSPS) is 16.7. The topological polar surface area (TPSA) is 30.5 Å². The van der Waals surface area contributed by atoms with Gasteiger partial charge in [-0.05, 0) is 42.9 Å². The Morgan fingerprint density at radius 1 is 1.14 bits per heavy atom. The van der Waals surface area contributed by atoms with Crippen LogP contribution >= 0.6 is 0 Å². The molecule has 21 heavy (non-hydrogen) atoms. The molecule has 1 N–H and O–H groups in total. The zero-order valence-electron chi connectivity index (χ0n) is 13.4. The molecule has 118 valence electrons. The number of hydrogen-bond acceptors (Lipinski definition) is 3. The van der Waals surface area contributed by atoms with Crippen LogP contribution in [0, 0.1) is 0 Å². The van der Waals surface area contributed by atoms with E-state index >= 15 is 0 Å². The van der Waals surface area contributed by atoms with Crippen LogP contribution in [0.3, 0.4) is 0 Å². The molecule has 0 aliphatic heterocycles. The summed E-state index contributed by atoms with van der Waals surface area (Å²) in [4.78, 5) is 0. The summed E-state index contributed by atoms with van der Waals surface area (Å²) in [6, 6.07) is 9.59. The molecule has 0 aromatic heterocycles. The van der Waals surface area contributed by atoms with Crippen LogP contribution in [-0.4, -0.2) is 33.5 Å². The zero-order valence-corrected chi connectivity index (χ0v) is 13.4. The maximum Gasteiger partial charge on any atom is 0.0700 e. The standard InChI is InChI=1S/C18H29NO2/c1-3-19-18(11-12-21-14-13-20-2)17-9-7-16(8-10-17)15-5-4-6-15/h7-10,15,18-19H,3-6,11-14H2,1-2H3. The van der Waals surface area contributed by atoms with Crippen LogP contribution < -0.4 is 5.32 Å². The third-order valence-electron chi connectivity index (χ3n) is 4.35. The van der Waals surface area contributed by atoms with Crippen molar-refractivity contribution in [1.82, 2.24) is 5.32 Å². The Morgan fingerprint density at radius 2 is 1.90 bits per heavy atom. The van der Waals surface area contributed by atoms with Crippen LogP contribution in [0.4, 0.5) is 0 Å². The summed E-state index contributed by atoms with van der Waals surface area (Å²) >= 11 is 0. The Hall–Kier alpha value is -0.900. The third-order valence-corrected chi connectivity index (χ3v) is 4.35. The molecule has 1 aromatic carbocycles. The van der Waals surface area contributed by atoms with Gasteiger partial charge in [0.1, 0.15) is 0 Å². The van der Waals surface area contributed by atoms with Crippen molar-refractivity contribution in [2.75, 3.05) is 33.5 Å². The summed E-state index contributed by atoms with van der Waals surface area (Å²) in [5.74, 6) is 0.814. The molecular weight excluding hydrogens is 262 g/mol. The lowest BCUT2D eigenvalue weighted by molar-refractivity contribution is 0.0658. The Bertz CT molecular complexity index is 387. The van der Waals surface area contributed by atoms with E-state index in [1.54, 1.807) is 7.11 Å². The second kappa shape index (κ2) is 9.19. The van der Waals surface area contributed by atoms with Crippen molar-refractivity contribution in [1.29, 1.82) is 0 Å². The largest absolute Gasteiger partial charge is 0.382 e. The lowest BCUT2D eigenvalue weighted by Gasteiger charge is -2.26. The lowest BCUT2D eigenvalue weighted by atomic mass is 9.80. The van der Waals surface area contributed by atoms with Gasteiger partial charge in [-0.15, -0.1) is 0 Å². The van der Waals surface area contributed by atoms with Gasteiger partial charge in [0.25, 0.3) is 0 Å². The van der Waals surface area contributed by atoms with Gasteiger partial charge < -0.3 is 14.8 Å². The predicted molar refractivity (Wildman–Crippen MR) is 86.8 cm³/mol. The number of benzene rings is 1. The molecule has 1 atom stereocenters. The van der Waals surface area contributed by atoms with Crippen LogP contribution in [0.1, 0.15) is 55.7 Å². The number of hydrogen-bond donors (Lipinski definition) is 1. The summed E-state index contributed by atoms with van der Waals surface area (Å²) in [5, 5.41) is 3.56. The molecule has 1 unspecified atom stereocenters. The van der Waals surface area contributed by atoms with E-state index in [1.807, 2.05) is 0 Å². The molecule has 1 aliphatic carbocycles. The smallest absolute Gasteiger partial charge is 0.0700 e. The molecular formula is C18H29NO2. The average Bonchev–Trinajstić information content (AvgIpc) is 2.45. The van der Waals surface area contributed by atoms with Crippen molar-refractivity contribution in [3.8, 4) is 0 Å². The van der Waals surface area contributed by atoms with E-state index in [0.717, 1.165) is 25.5 Å². The fourth-order valence-corrected chi connectivity index (χ4v) is 2.82. The molecule has 1 saturated carbocycles. The highest BCUT2D eigenvalue weighted by atomic mass is 16.5. The van der Waals surface area contributed by atoms with Crippen molar-refractivity contribution in [3.63, 3.8) is 0 Å². The van der Waals surface area contributed by atoms with Crippen molar-refractivity contribution in [2.45, 2.75) is 44.6 Å². The van der Waals surface area contributed by atoms with Crippen LogP contribution in [0.5, 0.6) is 0 Å². The van der Waals surface area contributed by atoms with Gasteiger partial charge in [-0.3, -0.25) is 0 Å². The van der Waals surface area contributed by atoms with Crippen LogP contribution in [0.2, 0.25) is 0 Å².